The van der Waals surface area contributed by atoms with E-state index in [1.807, 2.05) is 74.1 Å². The number of carbonyl (C=O) groups excluding carboxylic acids is 1. The monoisotopic (exact) mass is 365 g/mol. The maximum absolute atomic E-state index is 13.0. The third-order valence-corrected chi connectivity index (χ3v) is 4.71. The van der Waals surface area contributed by atoms with Crippen molar-refractivity contribution in [1.29, 1.82) is 0 Å². The van der Waals surface area contributed by atoms with Crippen molar-refractivity contribution in [3.8, 4) is 0 Å². The molecule has 27 heavy (non-hydrogen) atoms. The van der Waals surface area contributed by atoms with Crippen LogP contribution in [0, 0.1) is 20.8 Å². The predicted molar refractivity (Wildman–Crippen MR) is 102 cm³/mol. The molecule has 1 heterocycles. The SMILES string of the molecule is Cc1cccc(C(O)(C(=O)OCC[n+]2cc[nH]c2C)c2cccc(C)c2)c1. The zero-order chi connectivity index (χ0) is 19.4. The molecule has 140 valence electrons. The van der Waals surface area contributed by atoms with Crippen molar-refractivity contribution in [1.82, 2.24) is 4.98 Å². The lowest BCUT2D eigenvalue weighted by Crippen LogP contribution is -2.42. The minimum absolute atomic E-state index is 0.169. The van der Waals surface area contributed by atoms with E-state index in [-0.39, 0.29) is 6.61 Å². The number of H-pyrrole nitrogens is 1. The van der Waals surface area contributed by atoms with Crippen LogP contribution in [0.3, 0.4) is 0 Å². The smallest absolute Gasteiger partial charge is 0.347 e. The molecule has 0 saturated heterocycles. The van der Waals surface area contributed by atoms with Crippen LogP contribution in [0.15, 0.2) is 60.9 Å². The summed E-state index contributed by atoms with van der Waals surface area (Å²) in [4.78, 5) is 16.1. The molecule has 0 amide bonds. The molecular weight excluding hydrogens is 340 g/mol. The highest BCUT2D eigenvalue weighted by Crippen LogP contribution is 2.32. The van der Waals surface area contributed by atoms with Gasteiger partial charge in [0.05, 0.1) is 0 Å². The van der Waals surface area contributed by atoms with Gasteiger partial charge in [-0.1, -0.05) is 59.7 Å². The molecule has 5 heteroatoms. The fraction of sp³-hybridized carbons (Fsp3) is 0.273. The highest BCUT2D eigenvalue weighted by molar-refractivity contribution is 5.85. The number of hydrogen-bond acceptors (Lipinski definition) is 3. The summed E-state index contributed by atoms with van der Waals surface area (Å²) in [6.07, 6.45) is 3.71. The summed E-state index contributed by atoms with van der Waals surface area (Å²) >= 11 is 0. The predicted octanol–water partition coefficient (Wildman–Crippen LogP) is 2.71. The number of carbonyl (C=O) groups is 1. The molecule has 0 aliphatic carbocycles. The molecule has 0 fully saturated rings. The number of aromatic nitrogens is 2. The van der Waals surface area contributed by atoms with E-state index in [2.05, 4.69) is 4.98 Å². The average Bonchev–Trinajstić information content (AvgIpc) is 3.06. The molecule has 0 aliphatic rings. The normalized spacial score (nSPS) is 11.4. The second-order valence-electron chi connectivity index (χ2n) is 6.82. The first-order valence-corrected chi connectivity index (χ1v) is 8.98. The first-order chi connectivity index (χ1) is 12.9. The van der Waals surface area contributed by atoms with Crippen LogP contribution in [0.1, 0.15) is 28.1 Å². The second-order valence-corrected chi connectivity index (χ2v) is 6.82. The van der Waals surface area contributed by atoms with E-state index in [0.29, 0.717) is 17.7 Å². The van der Waals surface area contributed by atoms with Gasteiger partial charge >= 0.3 is 5.97 Å². The van der Waals surface area contributed by atoms with Crippen LogP contribution in [-0.4, -0.2) is 22.7 Å². The fourth-order valence-corrected chi connectivity index (χ4v) is 3.17. The van der Waals surface area contributed by atoms with Gasteiger partial charge in [-0.25, -0.2) is 14.3 Å². The fourth-order valence-electron chi connectivity index (χ4n) is 3.17. The quantitative estimate of drug-likeness (QED) is 0.521. The van der Waals surface area contributed by atoms with Gasteiger partial charge in [0.1, 0.15) is 25.5 Å². The van der Waals surface area contributed by atoms with E-state index in [9.17, 15) is 9.90 Å². The van der Waals surface area contributed by atoms with Crippen molar-refractivity contribution in [2.75, 3.05) is 6.61 Å². The summed E-state index contributed by atoms with van der Waals surface area (Å²) < 4.78 is 7.45. The number of benzene rings is 2. The molecule has 0 saturated carbocycles. The van der Waals surface area contributed by atoms with E-state index in [1.165, 1.54) is 0 Å². The Morgan fingerprint density at radius 2 is 1.67 bits per heavy atom. The van der Waals surface area contributed by atoms with Crippen LogP contribution in [0.25, 0.3) is 0 Å². The summed E-state index contributed by atoms with van der Waals surface area (Å²) in [5.74, 6) is 0.297. The van der Waals surface area contributed by atoms with Crippen LogP contribution < -0.4 is 4.57 Å². The molecule has 2 aromatic carbocycles. The van der Waals surface area contributed by atoms with Crippen LogP contribution in [0.2, 0.25) is 0 Å². The molecule has 2 N–H and O–H groups in total. The Kier molecular flexibility index (Phi) is 5.42. The Labute approximate surface area is 159 Å². The second kappa shape index (κ2) is 7.76. The summed E-state index contributed by atoms with van der Waals surface area (Å²) in [6.45, 7) is 6.48. The Bertz CT molecular complexity index is 900. The Morgan fingerprint density at radius 3 is 2.15 bits per heavy atom. The van der Waals surface area contributed by atoms with E-state index in [1.54, 1.807) is 12.1 Å². The van der Waals surface area contributed by atoms with Crippen LogP contribution in [0.5, 0.6) is 0 Å². The van der Waals surface area contributed by atoms with E-state index >= 15 is 0 Å². The number of aromatic amines is 1. The molecule has 3 rings (SSSR count). The number of esters is 1. The largest absolute Gasteiger partial charge is 0.459 e. The minimum atomic E-state index is -1.85. The number of hydrogen-bond donors (Lipinski definition) is 2. The van der Waals surface area contributed by atoms with Gasteiger partial charge in [0.15, 0.2) is 0 Å². The Hall–Kier alpha value is -2.92. The highest BCUT2D eigenvalue weighted by Gasteiger charge is 2.42. The number of nitrogens with zero attached hydrogens (tertiary/aromatic N) is 1. The molecule has 0 bridgehead atoms. The van der Waals surface area contributed by atoms with Gasteiger partial charge in [0.2, 0.25) is 5.60 Å². The van der Waals surface area contributed by atoms with Gasteiger partial charge in [-0.05, 0) is 25.0 Å². The number of aliphatic hydroxyl groups is 1. The van der Waals surface area contributed by atoms with Gasteiger partial charge in [0, 0.05) is 6.92 Å². The molecule has 0 radical (unpaired) electrons. The number of ether oxygens (including phenoxy) is 1. The van der Waals surface area contributed by atoms with Crippen LogP contribution in [0.4, 0.5) is 0 Å². The van der Waals surface area contributed by atoms with Crippen molar-refractivity contribution in [3.05, 3.63) is 89.0 Å². The van der Waals surface area contributed by atoms with Gasteiger partial charge in [0.25, 0.3) is 5.82 Å². The molecular formula is C22H25N2O3+. The average molecular weight is 365 g/mol. The topological polar surface area (TPSA) is 66.2 Å². The van der Waals surface area contributed by atoms with E-state index in [4.69, 9.17) is 4.74 Å². The van der Waals surface area contributed by atoms with Gasteiger partial charge in [-0.2, -0.15) is 0 Å². The van der Waals surface area contributed by atoms with Crippen molar-refractivity contribution >= 4 is 5.97 Å². The molecule has 0 atom stereocenters. The first kappa shape index (κ1) is 18.9. The Balaban J connectivity index is 1.89. The van der Waals surface area contributed by atoms with Crippen molar-refractivity contribution in [3.63, 3.8) is 0 Å². The third kappa shape index (κ3) is 3.93. The molecule has 1 aromatic heterocycles. The molecule has 5 nitrogen and oxygen atoms in total. The summed E-state index contributed by atoms with van der Waals surface area (Å²) in [5.41, 5.74) is 1.08. The standard InChI is InChI=1S/C22H24N2O3/c1-16-6-4-8-19(14-16)22(26,20-9-5-7-17(2)15-20)21(25)27-13-12-24-11-10-23-18(24)3/h4-11,14-15,26H,12-13H2,1-3H3/p+1. The van der Waals surface area contributed by atoms with Crippen molar-refractivity contribution in [2.45, 2.75) is 32.9 Å². The number of aryl methyl sites for hydroxylation is 3. The van der Waals surface area contributed by atoms with E-state index in [0.717, 1.165) is 17.0 Å². The zero-order valence-corrected chi connectivity index (χ0v) is 15.9. The van der Waals surface area contributed by atoms with Crippen molar-refractivity contribution in [2.24, 2.45) is 0 Å². The summed E-state index contributed by atoms with van der Waals surface area (Å²) in [6, 6.07) is 14.6. The number of imidazole rings is 1. The Morgan fingerprint density at radius 1 is 1.07 bits per heavy atom. The molecule has 0 aliphatic heterocycles. The summed E-state index contributed by atoms with van der Waals surface area (Å²) in [7, 11) is 0. The number of rotatable bonds is 6. The van der Waals surface area contributed by atoms with E-state index < -0.39 is 11.6 Å². The molecule has 3 aromatic rings. The van der Waals surface area contributed by atoms with Crippen LogP contribution in [-0.2, 0) is 21.7 Å². The zero-order valence-electron chi connectivity index (χ0n) is 15.9. The first-order valence-electron chi connectivity index (χ1n) is 8.98. The molecule has 0 unspecified atom stereocenters. The lowest BCUT2D eigenvalue weighted by molar-refractivity contribution is -0.702. The third-order valence-electron chi connectivity index (χ3n) is 4.71. The lowest BCUT2D eigenvalue weighted by atomic mass is 9.85. The van der Waals surface area contributed by atoms with Crippen LogP contribution >= 0.6 is 0 Å². The molecule has 0 spiro atoms. The van der Waals surface area contributed by atoms with Gasteiger partial charge in [-0.15, -0.1) is 0 Å². The lowest BCUT2D eigenvalue weighted by Gasteiger charge is -2.27. The maximum atomic E-state index is 13.0. The highest BCUT2D eigenvalue weighted by atomic mass is 16.5. The van der Waals surface area contributed by atoms with Gasteiger partial charge < -0.3 is 9.84 Å². The van der Waals surface area contributed by atoms with Crippen molar-refractivity contribution < 1.29 is 19.2 Å². The minimum Gasteiger partial charge on any atom is -0.459 e. The summed E-state index contributed by atoms with van der Waals surface area (Å²) in [5, 5.41) is 11.5. The van der Waals surface area contributed by atoms with Gasteiger partial charge in [-0.3, -0.25) is 0 Å². The maximum Gasteiger partial charge on any atom is 0.347 e. The number of nitrogens with one attached hydrogen (secondary N) is 1.